The van der Waals surface area contributed by atoms with Gasteiger partial charge in [-0.2, -0.15) is 0 Å². The van der Waals surface area contributed by atoms with Crippen LogP contribution in [0.25, 0.3) is 0 Å². The van der Waals surface area contributed by atoms with Crippen LogP contribution < -0.4 is 4.74 Å². The van der Waals surface area contributed by atoms with Crippen LogP contribution in [0.3, 0.4) is 0 Å². The van der Waals surface area contributed by atoms with Crippen molar-refractivity contribution in [2.24, 2.45) is 4.99 Å². The topological polar surface area (TPSA) is 41.8 Å². The zero-order valence-corrected chi connectivity index (χ0v) is 9.00. The lowest BCUT2D eigenvalue weighted by Gasteiger charge is -2.06. The minimum atomic E-state index is 0.108. The highest BCUT2D eigenvalue weighted by Crippen LogP contribution is 2.32. The Kier molecular flexibility index (Phi) is 3.31. The minimum absolute atomic E-state index is 0.108. The van der Waals surface area contributed by atoms with Crippen molar-refractivity contribution in [3.05, 3.63) is 22.2 Å². The molecule has 0 aliphatic heterocycles. The third-order valence-corrected chi connectivity index (χ3v) is 2.02. The molecule has 13 heavy (non-hydrogen) atoms. The molecule has 0 heterocycles. The van der Waals surface area contributed by atoms with E-state index in [0.29, 0.717) is 11.3 Å². The second-order valence-electron chi connectivity index (χ2n) is 2.43. The van der Waals surface area contributed by atoms with Gasteiger partial charge in [-0.15, -0.1) is 0 Å². The lowest BCUT2D eigenvalue weighted by molar-refractivity contribution is 0.373. The van der Waals surface area contributed by atoms with Gasteiger partial charge in [0.05, 0.1) is 7.11 Å². The highest BCUT2D eigenvalue weighted by molar-refractivity contribution is 9.10. The smallest absolute Gasteiger partial charge is 0.166 e. The van der Waals surface area contributed by atoms with Crippen molar-refractivity contribution in [2.45, 2.75) is 0 Å². The summed E-state index contributed by atoms with van der Waals surface area (Å²) in [5, 5.41) is 9.61. The van der Waals surface area contributed by atoms with Crippen LogP contribution in [-0.2, 0) is 0 Å². The van der Waals surface area contributed by atoms with Crippen LogP contribution >= 0.6 is 15.9 Å². The van der Waals surface area contributed by atoms with Gasteiger partial charge in [0, 0.05) is 23.3 Å². The summed E-state index contributed by atoms with van der Waals surface area (Å²) in [5.74, 6) is 0.542. The molecule has 0 aliphatic rings. The fraction of sp³-hybridized carbons (Fsp3) is 0.222. The number of hydrogen-bond acceptors (Lipinski definition) is 3. The summed E-state index contributed by atoms with van der Waals surface area (Å²) in [6.45, 7) is 0. The van der Waals surface area contributed by atoms with Crippen molar-refractivity contribution in [1.82, 2.24) is 0 Å². The number of aromatic hydroxyl groups is 1. The molecule has 70 valence electrons. The Bertz CT molecular complexity index is 337. The van der Waals surface area contributed by atoms with Crippen LogP contribution in [0.15, 0.2) is 21.6 Å². The van der Waals surface area contributed by atoms with Gasteiger partial charge >= 0.3 is 0 Å². The Labute approximate surface area is 85.2 Å². The molecular formula is C9H10BrNO2. The van der Waals surface area contributed by atoms with Crippen LogP contribution in [0.4, 0.5) is 0 Å². The van der Waals surface area contributed by atoms with Crippen LogP contribution in [-0.4, -0.2) is 25.5 Å². The number of ether oxygens (including phenoxy) is 1. The molecule has 0 saturated carbocycles. The maximum absolute atomic E-state index is 9.61. The van der Waals surface area contributed by atoms with Gasteiger partial charge in [0.15, 0.2) is 11.5 Å². The van der Waals surface area contributed by atoms with Crippen molar-refractivity contribution in [2.75, 3.05) is 14.2 Å². The molecule has 0 aromatic heterocycles. The van der Waals surface area contributed by atoms with Crippen LogP contribution in [0.1, 0.15) is 5.56 Å². The Morgan fingerprint density at radius 2 is 2.23 bits per heavy atom. The first-order valence-electron chi connectivity index (χ1n) is 3.67. The number of aliphatic imine (C=N–C) groups is 1. The number of methoxy groups -OCH3 is 1. The lowest BCUT2D eigenvalue weighted by atomic mass is 10.2. The molecule has 0 spiro atoms. The van der Waals surface area contributed by atoms with Gasteiger partial charge in [0.25, 0.3) is 0 Å². The molecule has 1 rings (SSSR count). The van der Waals surface area contributed by atoms with E-state index < -0.39 is 0 Å². The monoisotopic (exact) mass is 243 g/mol. The van der Waals surface area contributed by atoms with E-state index in [0.717, 1.165) is 4.47 Å². The van der Waals surface area contributed by atoms with Gasteiger partial charge in [-0.25, -0.2) is 0 Å². The SMILES string of the molecule is CN=Cc1cc(Br)cc(OC)c1O. The Morgan fingerprint density at radius 1 is 1.54 bits per heavy atom. The van der Waals surface area contributed by atoms with Crippen molar-refractivity contribution < 1.29 is 9.84 Å². The molecule has 3 nitrogen and oxygen atoms in total. The first-order chi connectivity index (χ1) is 6.19. The average Bonchev–Trinajstić information content (AvgIpc) is 2.11. The van der Waals surface area contributed by atoms with E-state index in [1.165, 1.54) is 7.11 Å². The van der Waals surface area contributed by atoms with E-state index in [-0.39, 0.29) is 5.75 Å². The van der Waals surface area contributed by atoms with E-state index in [1.807, 2.05) is 0 Å². The summed E-state index contributed by atoms with van der Waals surface area (Å²) in [7, 11) is 3.15. The van der Waals surface area contributed by atoms with Gasteiger partial charge in [-0.1, -0.05) is 15.9 Å². The number of rotatable bonds is 2. The zero-order chi connectivity index (χ0) is 9.84. The van der Waals surface area contributed by atoms with Gasteiger partial charge < -0.3 is 9.84 Å². The van der Waals surface area contributed by atoms with Crippen molar-refractivity contribution in [1.29, 1.82) is 0 Å². The molecule has 4 heteroatoms. The van der Waals surface area contributed by atoms with Gasteiger partial charge in [-0.05, 0) is 12.1 Å². The predicted octanol–water partition coefficient (Wildman–Crippen LogP) is 2.21. The number of benzene rings is 1. The molecule has 0 bridgehead atoms. The number of phenols is 1. The summed E-state index contributed by atoms with van der Waals surface area (Å²) in [6.07, 6.45) is 1.57. The first-order valence-corrected chi connectivity index (χ1v) is 4.47. The largest absolute Gasteiger partial charge is 0.504 e. The molecular weight excluding hydrogens is 234 g/mol. The van der Waals surface area contributed by atoms with E-state index in [4.69, 9.17) is 4.74 Å². The van der Waals surface area contributed by atoms with Gasteiger partial charge in [0.1, 0.15) is 0 Å². The number of phenolic OH excluding ortho intramolecular Hbond substituents is 1. The Balaban J connectivity index is 3.26. The van der Waals surface area contributed by atoms with E-state index in [9.17, 15) is 5.11 Å². The summed E-state index contributed by atoms with van der Waals surface area (Å²) in [6, 6.07) is 3.47. The molecule has 0 saturated heterocycles. The molecule has 0 fully saturated rings. The zero-order valence-electron chi connectivity index (χ0n) is 7.41. The third kappa shape index (κ3) is 2.21. The van der Waals surface area contributed by atoms with Gasteiger partial charge in [-0.3, -0.25) is 4.99 Å². The van der Waals surface area contributed by atoms with Crippen molar-refractivity contribution in [3.8, 4) is 11.5 Å². The van der Waals surface area contributed by atoms with Gasteiger partial charge in [0.2, 0.25) is 0 Å². The predicted molar refractivity (Wildman–Crippen MR) is 55.9 cm³/mol. The van der Waals surface area contributed by atoms with E-state index >= 15 is 0 Å². The quantitative estimate of drug-likeness (QED) is 0.810. The van der Waals surface area contributed by atoms with Crippen molar-refractivity contribution >= 4 is 22.1 Å². The first kappa shape index (κ1) is 10.1. The molecule has 1 N–H and O–H groups in total. The lowest BCUT2D eigenvalue weighted by Crippen LogP contribution is -1.89. The standard InChI is InChI=1S/C9H10BrNO2/c1-11-5-6-3-7(10)4-8(13-2)9(6)12/h3-5,12H,1-2H3. The normalized spacial score (nSPS) is 10.7. The second-order valence-corrected chi connectivity index (χ2v) is 3.35. The maximum atomic E-state index is 9.61. The Morgan fingerprint density at radius 3 is 2.77 bits per heavy atom. The van der Waals surface area contributed by atoms with E-state index in [2.05, 4.69) is 20.9 Å². The number of nitrogens with zero attached hydrogens (tertiary/aromatic N) is 1. The second kappa shape index (κ2) is 4.28. The molecule has 1 aromatic rings. The fourth-order valence-electron chi connectivity index (χ4n) is 0.988. The highest BCUT2D eigenvalue weighted by atomic mass is 79.9. The van der Waals surface area contributed by atoms with Crippen molar-refractivity contribution in [3.63, 3.8) is 0 Å². The van der Waals surface area contributed by atoms with Crippen LogP contribution in [0, 0.1) is 0 Å². The average molecular weight is 244 g/mol. The molecule has 0 radical (unpaired) electrons. The third-order valence-electron chi connectivity index (χ3n) is 1.56. The number of halogens is 1. The van der Waals surface area contributed by atoms with Crippen LogP contribution in [0.2, 0.25) is 0 Å². The highest BCUT2D eigenvalue weighted by Gasteiger charge is 2.07. The summed E-state index contributed by atoms with van der Waals surface area (Å²) in [4.78, 5) is 3.82. The summed E-state index contributed by atoms with van der Waals surface area (Å²) < 4.78 is 5.82. The maximum Gasteiger partial charge on any atom is 0.166 e. The molecule has 1 aromatic carbocycles. The Hall–Kier alpha value is -1.03. The molecule has 0 unspecified atom stereocenters. The summed E-state index contributed by atoms with van der Waals surface area (Å²) >= 11 is 3.31. The van der Waals surface area contributed by atoms with Crippen LogP contribution in [0.5, 0.6) is 11.5 Å². The number of hydrogen-bond donors (Lipinski definition) is 1. The molecule has 0 atom stereocenters. The molecule has 0 aliphatic carbocycles. The fourth-order valence-corrected chi connectivity index (χ4v) is 1.44. The summed E-state index contributed by atoms with van der Waals surface area (Å²) in [5.41, 5.74) is 0.633. The minimum Gasteiger partial charge on any atom is -0.504 e. The van der Waals surface area contributed by atoms with E-state index in [1.54, 1.807) is 25.4 Å². The molecule has 0 amide bonds.